The first-order chi connectivity index (χ1) is 8.00. The van der Waals surface area contributed by atoms with Crippen molar-refractivity contribution in [3.8, 4) is 17.4 Å². The topological polar surface area (TPSA) is 100.0 Å². The van der Waals surface area contributed by atoms with Gasteiger partial charge in [0.05, 0.1) is 12.6 Å². The van der Waals surface area contributed by atoms with Crippen molar-refractivity contribution in [2.24, 2.45) is 5.73 Å². The molecule has 0 fully saturated rings. The molecule has 2 rings (SSSR count). The van der Waals surface area contributed by atoms with Crippen LogP contribution >= 0.6 is 12.4 Å². The zero-order valence-corrected chi connectivity index (χ0v) is 11.1. The van der Waals surface area contributed by atoms with Gasteiger partial charge in [-0.15, -0.1) is 12.4 Å². The Morgan fingerprint density at radius 2 is 2.06 bits per heavy atom. The molecular formula is C10H14ClN5O2. The third-order valence-corrected chi connectivity index (χ3v) is 2.06. The molecule has 0 aromatic carbocycles. The summed E-state index contributed by atoms with van der Waals surface area (Å²) in [5, 5.41) is 3.82. The molecule has 0 spiro atoms. The molecule has 18 heavy (non-hydrogen) atoms. The molecule has 0 saturated heterocycles. The van der Waals surface area contributed by atoms with Crippen LogP contribution in [0.4, 0.5) is 0 Å². The third-order valence-electron chi connectivity index (χ3n) is 2.06. The Kier molecular flexibility index (Phi) is 4.20. The monoisotopic (exact) mass is 271 g/mol. The van der Waals surface area contributed by atoms with E-state index in [4.69, 9.17) is 15.0 Å². The average molecular weight is 272 g/mol. The summed E-state index contributed by atoms with van der Waals surface area (Å²) in [5.74, 6) is 1.15. The van der Waals surface area contributed by atoms with Crippen LogP contribution in [0.2, 0.25) is 0 Å². The van der Waals surface area contributed by atoms with Crippen molar-refractivity contribution in [3.05, 3.63) is 18.3 Å². The number of nitrogens with zero attached hydrogens (tertiary/aromatic N) is 4. The molecule has 0 aliphatic rings. The van der Waals surface area contributed by atoms with E-state index < -0.39 is 5.54 Å². The Labute approximate surface area is 110 Å². The number of aromatic nitrogens is 4. The van der Waals surface area contributed by atoms with Crippen molar-refractivity contribution in [3.63, 3.8) is 0 Å². The number of rotatable bonds is 3. The maximum Gasteiger partial charge on any atom is 0.246 e. The molecule has 0 saturated carbocycles. The van der Waals surface area contributed by atoms with E-state index in [1.807, 2.05) is 0 Å². The van der Waals surface area contributed by atoms with Gasteiger partial charge in [0.2, 0.25) is 17.6 Å². The number of halogens is 1. The molecule has 2 aromatic heterocycles. The summed E-state index contributed by atoms with van der Waals surface area (Å²) in [6.07, 6.45) is 1.37. The maximum absolute atomic E-state index is 5.85. The molecule has 98 valence electrons. The summed E-state index contributed by atoms with van der Waals surface area (Å²) in [6, 6.07) is 1.62. The SMILES string of the molecule is COc1cc(-c2noc(C(C)(C)N)n2)ncn1.Cl. The summed E-state index contributed by atoms with van der Waals surface area (Å²) < 4.78 is 10.1. The maximum atomic E-state index is 5.85. The molecule has 8 heteroatoms. The standard InChI is InChI=1S/C10H13N5O2.ClH/c1-10(2,11)9-14-8(15-17-9)6-4-7(16-3)13-5-12-6;/h4-5H,11H2,1-3H3;1H. The first-order valence-electron chi connectivity index (χ1n) is 5.00. The third kappa shape index (κ3) is 2.93. The van der Waals surface area contributed by atoms with Crippen LogP contribution in [0.5, 0.6) is 5.88 Å². The van der Waals surface area contributed by atoms with Crippen LogP contribution in [-0.4, -0.2) is 27.2 Å². The van der Waals surface area contributed by atoms with Crippen LogP contribution in [0.1, 0.15) is 19.7 Å². The molecule has 7 nitrogen and oxygen atoms in total. The molecule has 2 N–H and O–H groups in total. The fourth-order valence-corrected chi connectivity index (χ4v) is 1.16. The van der Waals surface area contributed by atoms with Crippen LogP contribution in [-0.2, 0) is 5.54 Å². The van der Waals surface area contributed by atoms with E-state index in [0.29, 0.717) is 23.3 Å². The Morgan fingerprint density at radius 1 is 1.33 bits per heavy atom. The molecule has 2 aromatic rings. The number of ether oxygens (including phenoxy) is 1. The average Bonchev–Trinajstić information content (AvgIpc) is 2.78. The van der Waals surface area contributed by atoms with Crippen molar-refractivity contribution in [2.75, 3.05) is 7.11 Å². The summed E-state index contributed by atoms with van der Waals surface area (Å²) in [7, 11) is 1.52. The zero-order valence-electron chi connectivity index (χ0n) is 10.2. The smallest absolute Gasteiger partial charge is 0.246 e. The number of methoxy groups -OCH3 is 1. The normalized spacial score (nSPS) is 10.9. The van der Waals surface area contributed by atoms with Gasteiger partial charge in [-0.3, -0.25) is 0 Å². The number of hydrogen-bond donors (Lipinski definition) is 1. The first kappa shape index (κ1) is 14.3. The van der Waals surface area contributed by atoms with Crippen LogP contribution in [0.25, 0.3) is 11.5 Å². The Morgan fingerprint density at radius 3 is 2.61 bits per heavy atom. The molecule has 0 aliphatic heterocycles. The molecule has 0 unspecified atom stereocenters. The van der Waals surface area contributed by atoms with E-state index in [-0.39, 0.29) is 12.4 Å². The lowest BCUT2D eigenvalue weighted by Crippen LogP contribution is -2.28. The minimum atomic E-state index is -0.678. The van der Waals surface area contributed by atoms with Gasteiger partial charge in [-0.2, -0.15) is 4.98 Å². The number of hydrogen-bond acceptors (Lipinski definition) is 7. The predicted octanol–water partition coefficient (Wildman–Crippen LogP) is 1.15. The van der Waals surface area contributed by atoms with Crippen molar-refractivity contribution in [1.29, 1.82) is 0 Å². The molecule has 0 atom stereocenters. The minimum absolute atomic E-state index is 0. The number of nitrogens with two attached hydrogens (primary N) is 1. The van der Waals surface area contributed by atoms with E-state index in [9.17, 15) is 0 Å². The Hall–Kier alpha value is -1.73. The Bertz CT molecular complexity index is 523. The molecule has 2 heterocycles. The van der Waals surface area contributed by atoms with Gasteiger partial charge < -0.3 is 15.0 Å². The van der Waals surface area contributed by atoms with E-state index in [2.05, 4.69) is 20.1 Å². The molecule has 0 amide bonds. The van der Waals surface area contributed by atoms with Gasteiger partial charge in [-0.1, -0.05) is 5.16 Å². The molecule has 0 bridgehead atoms. The van der Waals surface area contributed by atoms with Crippen LogP contribution < -0.4 is 10.5 Å². The molecule has 0 radical (unpaired) electrons. The van der Waals surface area contributed by atoms with E-state index in [1.165, 1.54) is 13.4 Å². The quantitative estimate of drug-likeness (QED) is 0.894. The summed E-state index contributed by atoms with van der Waals surface area (Å²) in [5.41, 5.74) is 5.70. The van der Waals surface area contributed by atoms with Gasteiger partial charge in [0, 0.05) is 6.07 Å². The molecular weight excluding hydrogens is 258 g/mol. The fourth-order valence-electron chi connectivity index (χ4n) is 1.16. The zero-order chi connectivity index (χ0) is 12.5. The van der Waals surface area contributed by atoms with E-state index >= 15 is 0 Å². The Balaban J connectivity index is 0.00000162. The second-order valence-electron chi connectivity index (χ2n) is 4.09. The largest absolute Gasteiger partial charge is 0.481 e. The van der Waals surface area contributed by atoms with Gasteiger partial charge >= 0.3 is 0 Å². The molecule has 0 aliphatic carbocycles. The second-order valence-corrected chi connectivity index (χ2v) is 4.09. The summed E-state index contributed by atoms with van der Waals surface area (Å²) >= 11 is 0. The van der Waals surface area contributed by atoms with Gasteiger partial charge in [-0.25, -0.2) is 9.97 Å². The van der Waals surface area contributed by atoms with Crippen molar-refractivity contribution < 1.29 is 9.26 Å². The van der Waals surface area contributed by atoms with Crippen molar-refractivity contribution >= 4 is 12.4 Å². The summed E-state index contributed by atoms with van der Waals surface area (Å²) in [4.78, 5) is 12.1. The van der Waals surface area contributed by atoms with Crippen LogP contribution in [0.15, 0.2) is 16.9 Å². The fraction of sp³-hybridized carbons (Fsp3) is 0.400. The highest BCUT2D eigenvalue weighted by molar-refractivity contribution is 5.85. The van der Waals surface area contributed by atoms with Crippen LogP contribution in [0.3, 0.4) is 0 Å². The van der Waals surface area contributed by atoms with E-state index in [0.717, 1.165) is 0 Å². The lowest BCUT2D eigenvalue weighted by atomic mass is 10.1. The minimum Gasteiger partial charge on any atom is -0.481 e. The highest BCUT2D eigenvalue weighted by Gasteiger charge is 2.23. The second kappa shape index (κ2) is 5.28. The summed E-state index contributed by atoms with van der Waals surface area (Å²) in [6.45, 7) is 3.57. The highest BCUT2D eigenvalue weighted by Crippen LogP contribution is 2.20. The van der Waals surface area contributed by atoms with Gasteiger partial charge in [0.1, 0.15) is 12.0 Å². The van der Waals surface area contributed by atoms with Crippen LogP contribution in [0, 0.1) is 0 Å². The lowest BCUT2D eigenvalue weighted by molar-refractivity contribution is 0.312. The van der Waals surface area contributed by atoms with Crippen molar-refractivity contribution in [1.82, 2.24) is 20.1 Å². The van der Waals surface area contributed by atoms with Gasteiger partial charge in [0.15, 0.2) is 0 Å². The predicted molar refractivity (Wildman–Crippen MR) is 66.3 cm³/mol. The lowest BCUT2D eigenvalue weighted by Gasteiger charge is -2.10. The van der Waals surface area contributed by atoms with Gasteiger partial charge in [0.25, 0.3) is 0 Å². The van der Waals surface area contributed by atoms with Crippen molar-refractivity contribution in [2.45, 2.75) is 19.4 Å². The highest BCUT2D eigenvalue weighted by atomic mass is 35.5. The first-order valence-corrected chi connectivity index (χ1v) is 5.00. The van der Waals surface area contributed by atoms with Gasteiger partial charge in [-0.05, 0) is 13.8 Å². The van der Waals surface area contributed by atoms with E-state index in [1.54, 1.807) is 19.9 Å².